The van der Waals surface area contributed by atoms with Crippen LogP contribution in [-0.2, 0) is 10.5 Å². The summed E-state index contributed by atoms with van der Waals surface area (Å²) in [6, 6.07) is 18.6. The van der Waals surface area contributed by atoms with Crippen molar-refractivity contribution in [2.75, 3.05) is 5.75 Å². The Bertz CT molecular complexity index is 954. The van der Waals surface area contributed by atoms with Crippen LogP contribution in [0, 0.1) is 11.3 Å². The van der Waals surface area contributed by atoms with Gasteiger partial charge in [0.1, 0.15) is 0 Å². The third-order valence-corrected chi connectivity index (χ3v) is 6.39. The van der Waals surface area contributed by atoms with Crippen LogP contribution in [0.1, 0.15) is 23.5 Å². The highest BCUT2D eigenvalue weighted by molar-refractivity contribution is 8.03. The summed E-state index contributed by atoms with van der Waals surface area (Å²) in [4.78, 5) is 14.4. The van der Waals surface area contributed by atoms with Gasteiger partial charge in [-0.15, -0.1) is 11.8 Å². The summed E-state index contributed by atoms with van der Waals surface area (Å²) >= 11 is 7.65. The number of allylic oxidation sites excluding steroid dienone is 1. The molecule has 2 heterocycles. The molecule has 4 nitrogen and oxygen atoms in total. The Labute approximate surface area is 160 Å². The zero-order valence-electron chi connectivity index (χ0n) is 13.7. The number of nitrogens with zero attached hydrogens (tertiary/aromatic N) is 2. The molecule has 1 N–H and O–H groups in total. The number of rotatable bonds is 2. The first-order valence-electron chi connectivity index (χ1n) is 8.18. The normalized spacial score (nSPS) is 25.2. The van der Waals surface area contributed by atoms with Crippen molar-refractivity contribution < 1.29 is 9.90 Å². The van der Waals surface area contributed by atoms with E-state index in [2.05, 4.69) is 6.07 Å². The average molecular weight is 383 g/mol. The van der Waals surface area contributed by atoms with Crippen molar-refractivity contribution in [2.45, 2.75) is 18.1 Å². The van der Waals surface area contributed by atoms with E-state index in [1.54, 1.807) is 18.2 Å². The first-order valence-corrected chi connectivity index (χ1v) is 9.55. The molecule has 4 rings (SSSR count). The third-order valence-electron chi connectivity index (χ3n) is 4.83. The van der Waals surface area contributed by atoms with Gasteiger partial charge in [0, 0.05) is 22.9 Å². The van der Waals surface area contributed by atoms with Crippen LogP contribution in [0.5, 0.6) is 0 Å². The smallest absolute Gasteiger partial charge is 0.231 e. The highest BCUT2D eigenvalue weighted by Gasteiger charge is 2.51. The summed E-state index contributed by atoms with van der Waals surface area (Å²) in [6.07, 6.45) is 0.103. The van der Waals surface area contributed by atoms with Crippen LogP contribution >= 0.6 is 23.4 Å². The van der Waals surface area contributed by atoms with E-state index in [9.17, 15) is 15.2 Å². The molecule has 1 amide bonds. The number of fused-ring (bicyclic) bond motifs is 1. The Morgan fingerprint density at radius 2 is 1.88 bits per heavy atom. The van der Waals surface area contributed by atoms with Gasteiger partial charge in [-0.2, -0.15) is 5.26 Å². The summed E-state index contributed by atoms with van der Waals surface area (Å²) in [5.74, 6) is -0.309. The lowest BCUT2D eigenvalue weighted by molar-refractivity contribution is -0.149. The summed E-state index contributed by atoms with van der Waals surface area (Å²) in [6.45, 7) is 0. The summed E-state index contributed by atoms with van der Waals surface area (Å²) < 4.78 is 0. The van der Waals surface area contributed by atoms with E-state index in [-0.39, 0.29) is 12.3 Å². The van der Waals surface area contributed by atoms with Crippen molar-refractivity contribution >= 4 is 29.3 Å². The minimum absolute atomic E-state index is 0.103. The molecular formula is C20H15ClN2O2S. The number of nitriles is 1. The molecule has 0 bridgehead atoms. The van der Waals surface area contributed by atoms with Crippen LogP contribution in [0.4, 0.5) is 0 Å². The van der Waals surface area contributed by atoms with Crippen LogP contribution < -0.4 is 0 Å². The summed E-state index contributed by atoms with van der Waals surface area (Å²) in [5.41, 5.74) is 0.451. The number of aliphatic hydroxyl groups is 1. The molecule has 2 aromatic rings. The fourth-order valence-corrected chi connectivity index (χ4v) is 5.19. The van der Waals surface area contributed by atoms with Crippen LogP contribution in [0.2, 0.25) is 5.02 Å². The van der Waals surface area contributed by atoms with E-state index < -0.39 is 11.6 Å². The maximum atomic E-state index is 13.0. The second-order valence-electron chi connectivity index (χ2n) is 6.31. The molecule has 0 spiro atoms. The van der Waals surface area contributed by atoms with E-state index >= 15 is 0 Å². The molecule has 0 saturated carbocycles. The maximum absolute atomic E-state index is 13.0. The van der Waals surface area contributed by atoms with Crippen molar-refractivity contribution in [3.63, 3.8) is 0 Å². The van der Waals surface area contributed by atoms with Crippen molar-refractivity contribution in [3.8, 4) is 6.07 Å². The molecule has 1 saturated heterocycles. The van der Waals surface area contributed by atoms with Gasteiger partial charge in [0.2, 0.25) is 5.91 Å². The predicted octanol–water partition coefficient (Wildman–Crippen LogP) is 3.98. The van der Waals surface area contributed by atoms with Gasteiger partial charge in [-0.1, -0.05) is 60.1 Å². The minimum atomic E-state index is -1.44. The average Bonchev–Trinajstić information content (AvgIpc) is 3.02. The van der Waals surface area contributed by atoms with Gasteiger partial charge >= 0.3 is 0 Å². The number of carbonyl (C=O) groups excluding carboxylic acids is 1. The first-order chi connectivity index (χ1) is 12.6. The van der Waals surface area contributed by atoms with E-state index in [0.29, 0.717) is 26.9 Å². The van der Waals surface area contributed by atoms with Gasteiger partial charge in [-0.3, -0.25) is 9.69 Å². The number of amides is 1. The number of hydrogen-bond donors (Lipinski definition) is 1. The standard InChI is InChI=1S/C20H15ClN2O2S/c21-17-9-5-4-8-14(17)15-10-18(24)23-19(16(15)11-22)26-12-20(23,25)13-6-2-1-3-7-13/h1-9,15,25H,10,12H2/t15-,20-/m0/s1. The Kier molecular flexibility index (Phi) is 4.28. The largest absolute Gasteiger partial charge is 0.366 e. The van der Waals surface area contributed by atoms with Crippen LogP contribution in [0.3, 0.4) is 0 Å². The molecule has 0 radical (unpaired) electrons. The molecule has 0 aliphatic carbocycles. The fourth-order valence-electron chi connectivity index (χ4n) is 3.57. The van der Waals surface area contributed by atoms with E-state index in [1.807, 2.05) is 36.4 Å². The third kappa shape index (κ3) is 2.53. The van der Waals surface area contributed by atoms with E-state index in [1.165, 1.54) is 16.7 Å². The van der Waals surface area contributed by atoms with Crippen LogP contribution in [0.15, 0.2) is 65.2 Å². The number of hydrogen-bond acceptors (Lipinski definition) is 4. The van der Waals surface area contributed by atoms with Crippen molar-refractivity contribution in [1.29, 1.82) is 5.26 Å². The van der Waals surface area contributed by atoms with Crippen LogP contribution in [-0.4, -0.2) is 21.7 Å². The summed E-state index contributed by atoms with van der Waals surface area (Å²) in [7, 11) is 0. The lowest BCUT2D eigenvalue weighted by Crippen LogP contribution is -2.48. The Balaban J connectivity index is 1.84. The molecule has 0 unspecified atom stereocenters. The molecule has 6 heteroatoms. The molecule has 2 aromatic carbocycles. The first kappa shape index (κ1) is 17.2. The molecule has 2 aliphatic heterocycles. The van der Waals surface area contributed by atoms with Crippen LogP contribution in [0.25, 0.3) is 0 Å². The molecule has 2 aliphatic rings. The lowest BCUT2D eigenvalue weighted by Gasteiger charge is -2.38. The van der Waals surface area contributed by atoms with Gasteiger partial charge in [-0.25, -0.2) is 0 Å². The molecular weight excluding hydrogens is 368 g/mol. The zero-order chi connectivity index (χ0) is 18.3. The molecule has 0 aromatic heterocycles. The molecule has 2 atom stereocenters. The SMILES string of the molecule is N#CC1=C2SC[C@](O)(c3ccccc3)N2C(=O)C[C@H]1c1ccccc1Cl. The zero-order valence-corrected chi connectivity index (χ0v) is 15.3. The Hall–Kier alpha value is -2.26. The number of thioether (sulfide) groups is 1. The summed E-state index contributed by atoms with van der Waals surface area (Å²) in [5, 5.41) is 22.1. The second kappa shape index (κ2) is 6.48. The van der Waals surface area contributed by atoms with Gasteiger partial charge in [-0.05, 0) is 11.6 Å². The van der Waals surface area contributed by atoms with Gasteiger partial charge in [0.15, 0.2) is 5.72 Å². The quantitative estimate of drug-likeness (QED) is 0.853. The van der Waals surface area contributed by atoms with Gasteiger partial charge in [0.05, 0.1) is 22.4 Å². The lowest BCUT2D eigenvalue weighted by atomic mass is 9.85. The number of carbonyl (C=O) groups is 1. The number of benzene rings is 2. The fraction of sp³-hybridized carbons (Fsp3) is 0.200. The minimum Gasteiger partial charge on any atom is -0.366 e. The Morgan fingerprint density at radius 3 is 2.58 bits per heavy atom. The van der Waals surface area contributed by atoms with Crippen molar-refractivity contribution in [1.82, 2.24) is 4.90 Å². The topological polar surface area (TPSA) is 64.3 Å². The highest BCUT2D eigenvalue weighted by Crippen LogP contribution is 2.52. The van der Waals surface area contributed by atoms with Crippen molar-refractivity contribution in [3.05, 3.63) is 81.3 Å². The van der Waals surface area contributed by atoms with Gasteiger partial charge < -0.3 is 5.11 Å². The monoisotopic (exact) mass is 382 g/mol. The predicted molar refractivity (Wildman–Crippen MR) is 101 cm³/mol. The van der Waals surface area contributed by atoms with Crippen molar-refractivity contribution in [2.24, 2.45) is 0 Å². The van der Waals surface area contributed by atoms with Gasteiger partial charge in [0.25, 0.3) is 0 Å². The van der Waals surface area contributed by atoms with E-state index in [4.69, 9.17) is 11.6 Å². The Morgan fingerprint density at radius 1 is 1.19 bits per heavy atom. The molecule has 1 fully saturated rings. The highest BCUT2D eigenvalue weighted by atomic mass is 35.5. The molecule has 26 heavy (non-hydrogen) atoms. The van der Waals surface area contributed by atoms with E-state index in [0.717, 1.165) is 5.56 Å². The maximum Gasteiger partial charge on any atom is 0.231 e. The number of halogens is 1. The molecule has 130 valence electrons. The second-order valence-corrected chi connectivity index (χ2v) is 7.68.